The van der Waals surface area contributed by atoms with E-state index in [1.807, 2.05) is 24.4 Å². The Morgan fingerprint density at radius 1 is 1.26 bits per heavy atom. The Hall–Kier alpha value is -2.07. The van der Waals surface area contributed by atoms with Crippen LogP contribution in [-0.2, 0) is 6.42 Å². The first-order valence-corrected chi connectivity index (χ1v) is 6.49. The molecular formula is C14H10ClN3O. The number of amides is 1. The molecule has 1 aliphatic heterocycles. The first kappa shape index (κ1) is 10.8. The monoisotopic (exact) mass is 271 g/mol. The number of H-pyrrole nitrogens is 1. The van der Waals surface area contributed by atoms with Crippen molar-refractivity contribution in [1.29, 1.82) is 0 Å². The fraction of sp³-hybridized carbons (Fsp3) is 0.143. The molecule has 1 aliphatic rings. The van der Waals surface area contributed by atoms with E-state index in [2.05, 4.69) is 15.3 Å². The van der Waals surface area contributed by atoms with Crippen molar-refractivity contribution in [3.05, 3.63) is 40.8 Å². The minimum absolute atomic E-state index is 0.0308. The molecule has 0 aliphatic carbocycles. The predicted octanol–water partition coefficient (Wildman–Crippen LogP) is 2.66. The molecule has 4 nitrogen and oxygen atoms in total. The van der Waals surface area contributed by atoms with Crippen molar-refractivity contribution in [2.75, 3.05) is 6.54 Å². The van der Waals surface area contributed by atoms with Crippen molar-refractivity contribution >= 4 is 39.2 Å². The molecule has 0 unspecified atom stereocenters. The van der Waals surface area contributed by atoms with Crippen LogP contribution in [0.25, 0.3) is 21.7 Å². The molecule has 0 saturated heterocycles. The third-order valence-corrected chi connectivity index (χ3v) is 3.78. The number of aromatic amines is 1. The Morgan fingerprint density at radius 3 is 3.05 bits per heavy atom. The Balaban J connectivity index is 2.17. The number of nitrogens with zero attached hydrogens (tertiary/aromatic N) is 1. The van der Waals surface area contributed by atoms with Crippen LogP contribution in [0.1, 0.15) is 16.1 Å². The number of pyridine rings is 1. The van der Waals surface area contributed by atoms with E-state index >= 15 is 0 Å². The lowest BCUT2D eigenvalue weighted by molar-refractivity contribution is 0.0947. The molecule has 5 heteroatoms. The highest BCUT2D eigenvalue weighted by Crippen LogP contribution is 2.31. The van der Waals surface area contributed by atoms with Crippen LogP contribution in [0.5, 0.6) is 0 Å². The third kappa shape index (κ3) is 1.47. The normalized spacial score (nSPS) is 14.7. The predicted molar refractivity (Wildman–Crippen MR) is 74.6 cm³/mol. The van der Waals surface area contributed by atoms with Gasteiger partial charge in [-0.1, -0.05) is 23.7 Å². The number of fused-ring (bicyclic) bond motifs is 5. The smallest absolute Gasteiger partial charge is 0.253 e. The van der Waals surface area contributed by atoms with Gasteiger partial charge in [0.25, 0.3) is 5.91 Å². The number of carbonyl (C=O) groups is 1. The summed E-state index contributed by atoms with van der Waals surface area (Å²) in [5.41, 5.74) is 2.46. The van der Waals surface area contributed by atoms with Gasteiger partial charge in [-0.25, -0.2) is 0 Å². The first-order chi connectivity index (χ1) is 9.24. The molecule has 0 atom stereocenters. The van der Waals surface area contributed by atoms with E-state index in [1.54, 1.807) is 0 Å². The molecule has 2 N–H and O–H groups in total. The lowest BCUT2D eigenvalue weighted by Gasteiger charge is -2.11. The van der Waals surface area contributed by atoms with Crippen molar-refractivity contribution in [3.63, 3.8) is 0 Å². The van der Waals surface area contributed by atoms with Crippen LogP contribution in [0.2, 0.25) is 5.15 Å². The number of hydrogen-bond acceptors (Lipinski definition) is 2. The number of carbonyl (C=O) groups excluding carboxylic acids is 1. The number of benzene rings is 1. The van der Waals surface area contributed by atoms with Crippen LogP contribution in [0, 0.1) is 0 Å². The maximum Gasteiger partial charge on any atom is 0.253 e. The second-order valence-electron chi connectivity index (χ2n) is 4.68. The molecule has 1 amide bonds. The van der Waals surface area contributed by atoms with Crippen molar-refractivity contribution in [3.8, 4) is 0 Å². The molecule has 0 fully saturated rings. The van der Waals surface area contributed by atoms with Gasteiger partial charge >= 0.3 is 0 Å². The molecule has 0 saturated carbocycles. The van der Waals surface area contributed by atoms with Crippen molar-refractivity contribution in [2.45, 2.75) is 6.42 Å². The summed E-state index contributed by atoms with van der Waals surface area (Å²) in [6.45, 7) is 0.654. The minimum Gasteiger partial charge on any atom is -0.352 e. The van der Waals surface area contributed by atoms with Crippen LogP contribution in [0.3, 0.4) is 0 Å². The standard InChI is InChI=1S/C14H10ClN3O/c15-11-5-9-7(6-17-11)1-2-8-12-10(18-13(8)9)3-4-16-14(12)19/h1-2,5-6,17H,3-4H2,(H,16,19). The summed E-state index contributed by atoms with van der Waals surface area (Å²) in [5, 5.41) is 6.34. The van der Waals surface area contributed by atoms with Gasteiger partial charge < -0.3 is 10.3 Å². The second kappa shape index (κ2) is 3.71. The molecule has 1 aromatic carbocycles. The highest BCUT2D eigenvalue weighted by Gasteiger charge is 2.23. The Bertz CT molecular complexity index is 837. The number of aromatic nitrogens is 2. The van der Waals surface area contributed by atoms with Gasteiger partial charge in [0.2, 0.25) is 0 Å². The Morgan fingerprint density at radius 2 is 2.16 bits per heavy atom. The zero-order valence-corrected chi connectivity index (χ0v) is 10.7. The van der Waals surface area contributed by atoms with E-state index in [9.17, 15) is 4.79 Å². The molecule has 3 aromatic rings. The van der Waals surface area contributed by atoms with E-state index in [4.69, 9.17) is 11.6 Å². The van der Waals surface area contributed by atoms with Crippen LogP contribution >= 0.6 is 11.6 Å². The summed E-state index contributed by atoms with van der Waals surface area (Å²) < 4.78 is 0. The van der Waals surface area contributed by atoms with E-state index in [0.717, 1.165) is 33.8 Å². The lowest BCUT2D eigenvalue weighted by atomic mass is 10.0. The van der Waals surface area contributed by atoms with E-state index in [-0.39, 0.29) is 5.91 Å². The van der Waals surface area contributed by atoms with Crippen molar-refractivity contribution in [2.24, 2.45) is 0 Å². The van der Waals surface area contributed by atoms with Gasteiger partial charge in [0.1, 0.15) is 5.15 Å². The minimum atomic E-state index is -0.0308. The molecular weight excluding hydrogens is 262 g/mol. The molecule has 4 rings (SSSR count). The number of halogens is 1. The van der Waals surface area contributed by atoms with Gasteiger partial charge in [-0.05, 0) is 6.07 Å². The molecule has 0 bridgehead atoms. The highest BCUT2D eigenvalue weighted by molar-refractivity contribution is 6.30. The van der Waals surface area contributed by atoms with Gasteiger partial charge in [0.05, 0.1) is 16.8 Å². The summed E-state index contributed by atoms with van der Waals surface area (Å²) in [5.74, 6) is -0.0308. The lowest BCUT2D eigenvalue weighted by Crippen LogP contribution is -2.31. The van der Waals surface area contributed by atoms with E-state index in [1.165, 1.54) is 0 Å². The molecule has 0 radical (unpaired) electrons. The van der Waals surface area contributed by atoms with Crippen molar-refractivity contribution < 1.29 is 4.79 Å². The van der Waals surface area contributed by atoms with Gasteiger partial charge in [-0.3, -0.25) is 9.78 Å². The fourth-order valence-corrected chi connectivity index (χ4v) is 2.87. The van der Waals surface area contributed by atoms with Gasteiger partial charge in [0, 0.05) is 35.3 Å². The summed E-state index contributed by atoms with van der Waals surface area (Å²) in [7, 11) is 0. The number of nitrogens with one attached hydrogen (secondary N) is 2. The quantitative estimate of drug-likeness (QED) is 0.618. The number of hydrogen-bond donors (Lipinski definition) is 2. The van der Waals surface area contributed by atoms with Crippen molar-refractivity contribution in [1.82, 2.24) is 15.3 Å². The topological polar surface area (TPSA) is 57.8 Å². The fourth-order valence-electron chi connectivity index (χ4n) is 2.70. The summed E-state index contributed by atoms with van der Waals surface area (Å²) in [6, 6.07) is 5.79. The van der Waals surface area contributed by atoms with Crippen LogP contribution in [-0.4, -0.2) is 22.4 Å². The average Bonchev–Trinajstić information content (AvgIpc) is 2.79. The van der Waals surface area contributed by atoms with Gasteiger partial charge in [-0.2, -0.15) is 0 Å². The highest BCUT2D eigenvalue weighted by atomic mass is 35.5. The zero-order valence-electron chi connectivity index (χ0n) is 9.96. The van der Waals surface area contributed by atoms with E-state index in [0.29, 0.717) is 17.3 Å². The van der Waals surface area contributed by atoms with E-state index < -0.39 is 0 Å². The Kier molecular flexibility index (Phi) is 2.11. The maximum atomic E-state index is 12.0. The molecule has 94 valence electrons. The molecule has 19 heavy (non-hydrogen) atoms. The molecule has 2 aromatic heterocycles. The van der Waals surface area contributed by atoms with Gasteiger partial charge in [-0.15, -0.1) is 0 Å². The van der Waals surface area contributed by atoms with Crippen LogP contribution in [0.15, 0.2) is 24.4 Å². The third-order valence-electron chi connectivity index (χ3n) is 3.57. The summed E-state index contributed by atoms with van der Waals surface area (Å²) >= 11 is 6.01. The molecule has 3 heterocycles. The first-order valence-electron chi connectivity index (χ1n) is 6.11. The number of rotatable bonds is 0. The van der Waals surface area contributed by atoms with Crippen LogP contribution in [0.4, 0.5) is 0 Å². The van der Waals surface area contributed by atoms with Gasteiger partial charge in [0.15, 0.2) is 0 Å². The average molecular weight is 272 g/mol. The summed E-state index contributed by atoms with van der Waals surface area (Å²) in [4.78, 5) is 19.6. The SMILES string of the molecule is O=C1NCCc2nc3c(ccc4c[nH]c(Cl)cc43)c21. The largest absolute Gasteiger partial charge is 0.352 e. The Labute approximate surface area is 113 Å². The zero-order chi connectivity index (χ0) is 13.0. The van der Waals surface area contributed by atoms with Crippen LogP contribution < -0.4 is 5.32 Å². The molecule has 0 spiro atoms. The summed E-state index contributed by atoms with van der Waals surface area (Å²) in [6.07, 6.45) is 2.63. The second-order valence-corrected chi connectivity index (χ2v) is 5.09. The maximum absolute atomic E-state index is 12.0.